The lowest BCUT2D eigenvalue weighted by Crippen LogP contribution is -2.40. The van der Waals surface area contributed by atoms with Crippen molar-refractivity contribution >= 4 is 16.8 Å². The van der Waals surface area contributed by atoms with Crippen LogP contribution in [-0.4, -0.2) is 48.8 Å². The van der Waals surface area contributed by atoms with E-state index in [4.69, 9.17) is 9.47 Å². The van der Waals surface area contributed by atoms with Crippen LogP contribution in [0.3, 0.4) is 0 Å². The predicted octanol–water partition coefficient (Wildman–Crippen LogP) is 1.68. The number of carbonyl (C=O) groups is 1. The average molecular weight is 330 g/mol. The Kier molecular flexibility index (Phi) is 5.27. The second-order valence-corrected chi connectivity index (χ2v) is 6.05. The fourth-order valence-corrected chi connectivity index (χ4v) is 3.02. The van der Waals surface area contributed by atoms with Crippen molar-refractivity contribution in [3.05, 3.63) is 46.2 Å². The van der Waals surface area contributed by atoms with Gasteiger partial charge in [0.05, 0.1) is 12.6 Å². The van der Waals surface area contributed by atoms with Gasteiger partial charge in [-0.15, -0.1) is 0 Å². The van der Waals surface area contributed by atoms with Crippen molar-refractivity contribution in [2.24, 2.45) is 0 Å². The highest BCUT2D eigenvalue weighted by Gasteiger charge is 2.23. The zero-order valence-electron chi connectivity index (χ0n) is 13.8. The number of fused-ring (bicyclic) bond motifs is 1. The number of nitrogens with zero attached hydrogens (tertiary/aromatic N) is 1. The summed E-state index contributed by atoms with van der Waals surface area (Å²) < 4.78 is 10.6. The van der Waals surface area contributed by atoms with E-state index in [0.29, 0.717) is 12.1 Å². The van der Waals surface area contributed by atoms with Crippen LogP contribution >= 0.6 is 0 Å². The highest BCUT2D eigenvalue weighted by atomic mass is 16.5. The molecule has 2 aromatic rings. The standard InChI is InChI=1S/C18H22N2O4/c1-23-12-17(21)20(11-15-6-4-8-24-15)10-14-9-13-5-2-3-7-16(13)19-18(14)22/h2-3,5,7,9,15H,4,6,8,10-12H2,1H3,(H,19,22). The molecule has 1 amide bonds. The maximum atomic E-state index is 12.3. The van der Waals surface area contributed by atoms with E-state index in [1.807, 2.05) is 30.3 Å². The lowest BCUT2D eigenvalue weighted by Gasteiger charge is -2.25. The van der Waals surface area contributed by atoms with E-state index in [-0.39, 0.29) is 30.7 Å². The summed E-state index contributed by atoms with van der Waals surface area (Å²) in [5.74, 6) is -0.138. The number of aromatic amines is 1. The first-order chi connectivity index (χ1) is 11.7. The molecule has 128 valence electrons. The lowest BCUT2D eigenvalue weighted by molar-refractivity contribution is -0.137. The van der Waals surface area contributed by atoms with Gasteiger partial charge in [0, 0.05) is 31.3 Å². The minimum atomic E-state index is -0.170. The van der Waals surface area contributed by atoms with Crippen LogP contribution in [0.25, 0.3) is 10.9 Å². The largest absolute Gasteiger partial charge is 0.376 e. The molecule has 24 heavy (non-hydrogen) atoms. The SMILES string of the molecule is COCC(=O)N(Cc1cc2ccccc2[nH]c1=O)CC1CCCO1. The number of H-pyrrole nitrogens is 1. The Bertz CT molecular complexity index is 765. The van der Waals surface area contributed by atoms with Gasteiger partial charge in [-0.1, -0.05) is 18.2 Å². The molecule has 6 nitrogen and oxygen atoms in total. The summed E-state index contributed by atoms with van der Waals surface area (Å²) in [5, 5.41) is 0.948. The molecule has 1 aromatic carbocycles. The number of hydrogen-bond acceptors (Lipinski definition) is 4. The highest BCUT2D eigenvalue weighted by Crippen LogP contribution is 2.16. The van der Waals surface area contributed by atoms with Crippen LogP contribution in [0.15, 0.2) is 35.1 Å². The van der Waals surface area contributed by atoms with Gasteiger partial charge in [0.25, 0.3) is 5.56 Å². The molecule has 1 N–H and O–H groups in total. The summed E-state index contributed by atoms with van der Waals surface area (Å²) >= 11 is 0. The topological polar surface area (TPSA) is 71.6 Å². The van der Waals surface area contributed by atoms with Gasteiger partial charge in [0.2, 0.25) is 5.91 Å². The first-order valence-corrected chi connectivity index (χ1v) is 8.16. The van der Waals surface area contributed by atoms with Crippen molar-refractivity contribution in [2.75, 3.05) is 26.9 Å². The first kappa shape index (κ1) is 16.7. The number of ether oxygens (including phenoxy) is 2. The van der Waals surface area contributed by atoms with Crippen molar-refractivity contribution < 1.29 is 14.3 Å². The molecule has 1 saturated heterocycles. The van der Waals surface area contributed by atoms with Gasteiger partial charge in [0.1, 0.15) is 6.61 Å². The number of para-hydroxylation sites is 1. The molecule has 1 aliphatic rings. The number of benzene rings is 1. The molecule has 1 aromatic heterocycles. The number of methoxy groups -OCH3 is 1. The minimum Gasteiger partial charge on any atom is -0.376 e. The molecular weight excluding hydrogens is 308 g/mol. The van der Waals surface area contributed by atoms with Crippen molar-refractivity contribution in [2.45, 2.75) is 25.5 Å². The van der Waals surface area contributed by atoms with E-state index in [0.717, 1.165) is 30.4 Å². The molecule has 6 heteroatoms. The number of hydrogen-bond donors (Lipinski definition) is 1. The average Bonchev–Trinajstić information content (AvgIpc) is 3.08. The minimum absolute atomic E-state index is 0.00178. The normalized spacial score (nSPS) is 17.3. The van der Waals surface area contributed by atoms with Crippen LogP contribution in [0.1, 0.15) is 18.4 Å². The molecule has 0 saturated carbocycles. The Balaban J connectivity index is 1.84. The summed E-state index contributed by atoms with van der Waals surface area (Å²) in [5.41, 5.74) is 1.19. The van der Waals surface area contributed by atoms with E-state index in [9.17, 15) is 9.59 Å². The Morgan fingerprint density at radius 3 is 3.00 bits per heavy atom. The van der Waals surface area contributed by atoms with E-state index in [1.165, 1.54) is 7.11 Å². The molecule has 1 atom stereocenters. The van der Waals surface area contributed by atoms with Gasteiger partial charge >= 0.3 is 0 Å². The number of rotatable bonds is 6. The second-order valence-electron chi connectivity index (χ2n) is 6.05. The van der Waals surface area contributed by atoms with Crippen LogP contribution in [0.2, 0.25) is 0 Å². The van der Waals surface area contributed by atoms with Crippen LogP contribution in [0.4, 0.5) is 0 Å². The van der Waals surface area contributed by atoms with Crippen molar-refractivity contribution in [3.63, 3.8) is 0 Å². The monoisotopic (exact) mass is 330 g/mol. The fourth-order valence-electron chi connectivity index (χ4n) is 3.02. The van der Waals surface area contributed by atoms with Crippen LogP contribution in [0, 0.1) is 0 Å². The molecule has 1 fully saturated rings. The van der Waals surface area contributed by atoms with Crippen LogP contribution < -0.4 is 5.56 Å². The quantitative estimate of drug-likeness (QED) is 0.875. The maximum Gasteiger partial charge on any atom is 0.253 e. The van der Waals surface area contributed by atoms with Crippen molar-refractivity contribution in [3.8, 4) is 0 Å². The molecule has 0 spiro atoms. The lowest BCUT2D eigenvalue weighted by atomic mass is 10.1. The third-order valence-corrected chi connectivity index (χ3v) is 4.26. The third kappa shape index (κ3) is 3.83. The zero-order valence-corrected chi connectivity index (χ0v) is 13.8. The van der Waals surface area contributed by atoms with Gasteiger partial charge in [-0.2, -0.15) is 0 Å². The summed E-state index contributed by atoms with van der Waals surface area (Å²) in [6.45, 7) is 1.46. The summed E-state index contributed by atoms with van der Waals surface area (Å²) in [6, 6.07) is 9.45. The van der Waals surface area contributed by atoms with E-state index >= 15 is 0 Å². The van der Waals surface area contributed by atoms with Crippen LogP contribution in [0.5, 0.6) is 0 Å². The molecule has 1 unspecified atom stereocenters. The molecular formula is C18H22N2O4. The second kappa shape index (κ2) is 7.59. The molecule has 2 heterocycles. The van der Waals surface area contributed by atoms with Gasteiger partial charge in [-0.3, -0.25) is 9.59 Å². The molecule has 0 aliphatic carbocycles. The Morgan fingerprint density at radius 1 is 1.42 bits per heavy atom. The number of carbonyl (C=O) groups excluding carboxylic acids is 1. The number of amides is 1. The maximum absolute atomic E-state index is 12.3. The van der Waals surface area contributed by atoms with Gasteiger partial charge in [0.15, 0.2) is 0 Å². The molecule has 1 aliphatic heterocycles. The summed E-state index contributed by atoms with van der Waals surface area (Å²) in [4.78, 5) is 29.2. The Labute approximate surface area is 140 Å². The zero-order chi connectivity index (χ0) is 16.9. The van der Waals surface area contributed by atoms with E-state index < -0.39 is 0 Å². The van der Waals surface area contributed by atoms with Gasteiger partial charge < -0.3 is 19.4 Å². The predicted molar refractivity (Wildman–Crippen MR) is 90.8 cm³/mol. The Hall–Kier alpha value is -2.18. The molecule has 3 rings (SSSR count). The van der Waals surface area contributed by atoms with Crippen LogP contribution in [-0.2, 0) is 20.8 Å². The van der Waals surface area contributed by atoms with Crippen molar-refractivity contribution in [1.29, 1.82) is 0 Å². The number of aromatic nitrogens is 1. The smallest absolute Gasteiger partial charge is 0.253 e. The van der Waals surface area contributed by atoms with Gasteiger partial charge in [-0.25, -0.2) is 0 Å². The highest BCUT2D eigenvalue weighted by molar-refractivity contribution is 5.79. The van der Waals surface area contributed by atoms with E-state index in [2.05, 4.69) is 4.98 Å². The summed E-state index contributed by atoms with van der Waals surface area (Å²) in [6.07, 6.45) is 1.98. The van der Waals surface area contributed by atoms with Crippen molar-refractivity contribution in [1.82, 2.24) is 9.88 Å². The first-order valence-electron chi connectivity index (χ1n) is 8.16. The van der Waals surface area contributed by atoms with Gasteiger partial charge in [-0.05, 0) is 30.4 Å². The third-order valence-electron chi connectivity index (χ3n) is 4.26. The summed E-state index contributed by atoms with van der Waals surface area (Å²) in [7, 11) is 1.49. The van der Waals surface area contributed by atoms with E-state index in [1.54, 1.807) is 4.90 Å². The molecule has 0 bridgehead atoms. The fraction of sp³-hybridized carbons (Fsp3) is 0.444. The molecule has 0 radical (unpaired) electrons. The number of pyridine rings is 1. The number of nitrogens with one attached hydrogen (secondary N) is 1. The Morgan fingerprint density at radius 2 is 2.25 bits per heavy atom.